The molecule has 8 nitrogen and oxygen atoms in total. The third kappa shape index (κ3) is 3.91. The summed E-state index contributed by atoms with van der Waals surface area (Å²) in [6.07, 6.45) is 0. The summed E-state index contributed by atoms with van der Waals surface area (Å²) in [5.41, 5.74) is 1.44. The van der Waals surface area contributed by atoms with Crippen molar-refractivity contribution in [3.05, 3.63) is 59.8 Å². The molecule has 1 N–H and O–H groups in total. The lowest BCUT2D eigenvalue weighted by molar-refractivity contribution is -0.130. The number of amides is 2. The fourth-order valence-electron chi connectivity index (χ4n) is 4.04. The van der Waals surface area contributed by atoms with Crippen LogP contribution in [-0.2, 0) is 4.79 Å². The number of carbonyl (C=O) groups is 3. The maximum Gasteiger partial charge on any atom is 0.296 e. The predicted molar refractivity (Wildman–Crippen MR) is 119 cm³/mol. The molecule has 2 heterocycles. The minimum atomic E-state index is -0.628. The van der Waals surface area contributed by atoms with Crippen LogP contribution in [0, 0.1) is 0 Å². The van der Waals surface area contributed by atoms with Crippen molar-refractivity contribution in [2.45, 2.75) is 13.0 Å². The number of hydrogen-bond donors (Lipinski definition) is 1. The number of aromatic amines is 1. The van der Waals surface area contributed by atoms with Gasteiger partial charge in [0, 0.05) is 48.8 Å². The van der Waals surface area contributed by atoms with Gasteiger partial charge in [-0.3, -0.25) is 14.4 Å². The maximum absolute atomic E-state index is 13.0. The highest BCUT2D eigenvalue weighted by Gasteiger charge is 2.34. The molecule has 3 aromatic rings. The first-order chi connectivity index (χ1) is 15.4. The van der Waals surface area contributed by atoms with E-state index in [-0.39, 0.29) is 17.6 Å². The molecule has 1 fully saturated rings. The first kappa shape index (κ1) is 21.4. The number of carbonyl (C=O) groups excluding carboxylic acids is 3. The molecule has 1 unspecified atom stereocenters. The topological polar surface area (TPSA) is 91.9 Å². The molecule has 0 bridgehead atoms. The van der Waals surface area contributed by atoms with E-state index in [1.165, 1.54) is 12.0 Å². The first-order valence-electron chi connectivity index (χ1n) is 10.4. The van der Waals surface area contributed by atoms with Crippen molar-refractivity contribution in [1.82, 2.24) is 14.8 Å². The molecule has 1 aromatic heterocycles. The van der Waals surface area contributed by atoms with Crippen molar-refractivity contribution >= 4 is 28.5 Å². The van der Waals surface area contributed by atoms with E-state index in [1.54, 1.807) is 42.3 Å². The van der Waals surface area contributed by atoms with Gasteiger partial charge in [0.15, 0.2) is 0 Å². The zero-order valence-corrected chi connectivity index (χ0v) is 18.3. The molecule has 2 aromatic carbocycles. The summed E-state index contributed by atoms with van der Waals surface area (Å²) < 4.78 is 10.6. The summed E-state index contributed by atoms with van der Waals surface area (Å²) in [5, 5.41) is 0.691. The van der Waals surface area contributed by atoms with Crippen LogP contribution in [0.25, 0.3) is 10.9 Å². The lowest BCUT2D eigenvalue weighted by Crippen LogP contribution is -2.56. The predicted octanol–water partition coefficient (Wildman–Crippen LogP) is 2.74. The molecule has 1 saturated heterocycles. The summed E-state index contributed by atoms with van der Waals surface area (Å²) in [5.74, 6) is -0.177. The second-order valence-corrected chi connectivity index (χ2v) is 7.77. The largest absolute Gasteiger partial charge is 0.497 e. The van der Waals surface area contributed by atoms with E-state index in [9.17, 15) is 14.4 Å². The number of Topliss-reactive ketones (excluding diaryl/α,β-unsaturated/α-hetero) is 1. The Bertz CT molecular complexity index is 1170. The Balaban J connectivity index is 1.50. The summed E-state index contributed by atoms with van der Waals surface area (Å²) >= 11 is 0. The summed E-state index contributed by atoms with van der Waals surface area (Å²) in [4.78, 5) is 45.0. The van der Waals surface area contributed by atoms with E-state index in [4.69, 9.17) is 9.47 Å². The average Bonchev–Trinajstić information content (AvgIpc) is 3.26. The quantitative estimate of drug-likeness (QED) is 0.492. The van der Waals surface area contributed by atoms with E-state index in [0.717, 1.165) is 0 Å². The number of nitrogens with one attached hydrogen (secondary N) is 1. The number of nitrogens with zero attached hydrogens (tertiary/aromatic N) is 2. The van der Waals surface area contributed by atoms with Crippen LogP contribution in [0.3, 0.4) is 0 Å². The molecule has 0 saturated carbocycles. The van der Waals surface area contributed by atoms with E-state index in [2.05, 4.69) is 4.98 Å². The Labute approximate surface area is 185 Å². The molecular formula is C24H25N3O5. The molecule has 0 aliphatic carbocycles. The molecule has 166 valence electrons. The number of methoxy groups -OCH3 is 2. The minimum absolute atomic E-state index is 0.0764. The Morgan fingerprint density at radius 3 is 2.41 bits per heavy atom. The van der Waals surface area contributed by atoms with Gasteiger partial charge < -0.3 is 24.3 Å². The van der Waals surface area contributed by atoms with Gasteiger partial charge in [0.2, 0.25) is 0 Å². The van der Waals surface area contributed by atoms with Gasteiger partial charge in [0.25, 0.3) is 17.6 Å². The molecule has 8 heteroatoms. The SMILES string of the molecule is COc1cc(OC)c2cc(C(=O)C(=O)N3CCN(C(=O)c4ccccc4)CC3C)[nH]c2c1. The minimum Gasteiger partial charge on any atom is -0.497 e. The Morgan fingerprint density at radius 1 is 1.00 bits per heavy atom. The van der Waals surface area contributed by atoms with Gasteiger partial charge in [-0.15, -0.1) is 0 Å². The van der Waals surface area contributed by atoms with Crippen molar-refractivity contribution < 1.29 is 23.9 Å². The van der Waals surface area contributed by atoms with Crippen LogP contribution in [0.15, 0.2) is 48.5 Å². The first-order valence-corrected chi connectivity index (χ1v) is 10.4. The molecule has 2 amide bonds. The van der Waals surface area contributed by atoms with Crippen molar-refractivity contribution in [1.29, 1.82) is 0 Å². The van der Waals surface area contributed by atoms with Crippen molar-refractivity contribution in [2.24, 2.45) is 0 Å². The molecule has 1 aliphatic heterocycles. The number of benzene rings is 2. The molecule has 1 aliphatic rings. The van der Waals surface area contributed by atoms with Crippen LogP contribution in [-0.4, -0.2) is 72.3 Å². The van der Waals surface area contributed by atoms with Crippen LogP contribution in [0.5, 0.6) is 11.5 Å². The fraction of sp³-hybridized carbons (Fsp3) is 0.292. The van der Waals surface area contributed by atoms with E-state index in [0.29, 0.717) is 47.6 Å². The van der Waals surface area contributed by atoms with E-state index < -0.39 is 11.7 Å². The van der Waals surface area contributed by atoms with Gasteiger partial charge in [0.1, 0.15) is 11.5 Å². The monoisotopic (exact) mass is 435 g/mol. The molecule has 0 spiro atoms. The molecule has 4 rings (SSSR count). The normalized spacial score (nSPS) is 16.2. The number of rotatable bonds is 5. The third-order valence-corrected chi connectivity index (χ3v) is 5.76. The molecular weight excluding hydrogens is 410 g/mol. The third-order valence-electron chi connectivity index (χ3n) is 5.76. The van der Waals surface area contributed by atoms with Crippen LogP contribution in [0.1, 0.15) is 27.8 Å². The highest BCUT2D eigenvalue weighted by Crippen LogP contribution is 2.32. The van der Waals surface area contributed by atoms with Crippen LogP contribution in [0.4, 0.5) is 0 Å². The summed E-state index contributed by atoms with van der Waals surface area (Å²) in [7, 11) is 3.08. The molecule has 32 heavy (non-hydrogen) atoms. The average molecular weight is 435 g/mol. The van der Waals surface area contributed by atoms with Crippen LogP contribution >= 0.6 is 0 Å². The Hall–Kier alpha value is -3.81. The number of ketones is 1. The van der Waals surface area contributed by atoms with E-state index in [1.807, 2.05) is 25.1 Å². The van der Waals surface area contributed by atoms with Gasteiger partial charge in [-0.2, -0.15) is 0 Å². The lowest BCUT2D eigenvalue weighted by Gasteiger charge is -2.39. The molecule has 1 atom stereocenters. The van der Waals surface area contributed by atoms with Crippen LogP contribution < -0.4 is 9.47 Å². The Kier molecular flexibility index (Phi) is 5.85. The molecule has 0 radical (unpaired) electrons. The van der Waals surface area contributed by atoms with E-state index >= 15 is 0 Å². The number of ether oxygens (including phenoxy) is 2. The van der Waals surface area contributed by atoms with Crippen LogP contribution in [0.2, 0.25) is 0 Å². The Morgan fingerprint density at radius 2 is 1.75 bits per heavy atom. The van der Waals surface area contributed by atoms with Gasteiger partial charge in [-0.25, -0.2) is 0 Å². The number of fused-ring (bicyclic) bond motifs is 1. The van der Waals surface area contributed by atoms with Gasteiger partial charge in [-0.05, 0) is 25.1 Å². The van der Waals surface area contributed by atoms with Gasteiger partial charge >= 0.3 is 0 Å². The number of hydrogen-bond acceptors (Lipinski definition) is 5. The number of H-pyrrole nitrogens is 1. The highest BCUT2D eigenvalue weighted by molar-refractivity contribution is 6.42. The maximum atomic E-state index is 13.0. The second-order valence-electron chi connectivity index (χ2n) is 7.77. The zero-order valence-electron chi connectivity index (χ0n) is 18.3. The summed E-state index contributed by atoms with van der Waals surface area (Å²) in [6.45, 7) is 2.87. The summed E-state index contributed by atoms with van der Waals surface area (Å²) in [6, 6.07) is 13.8. The fourth-order valence-corrected chi connectivity index (χ4v) is 4.04. The highest BCUT2D eigenvalue weighted by atomic mass is 16.5. The zero-order chi connectivity index (χ0) is 22.8. The smallest absolute Gasteiger partial charge is 0.296 e. The lowest BCUT2D eigenvalue weighted by atomic mass is 10.1. The second kappa shape index (κ2) is 8.74. The number of aromatic nitrogens is 1. The van der Waals surface area contributed by atoms with Crippen molar-refractivity contribution in [3.63, 3.8) is 0 Å². The van der Waals surface area contributed by atoms with Crippen molar-refractivity contribution in [2.75, 3.05) is 33.9 Å². The van der Waals surface area contributed by atoms with Crippen molar-refractivity contribution in [3.8, 4) is 11.5 Å². The van der Waals surface area contributed by atoms with Gasteiger partial charge in [-0.1, -0.05) is 18.2 Å². The standard InChI is InChI=1S/C24H25N3O5/c1-15-14-26(23(29)16-7-5-4-6-8-16)9-10-27(15)24(30)22(28)20-13-18-19(25-20)11-17(31-2)12-21(18)32-3/h4-8,11-13,15,25H,9-10,14H2,1-3H3. The number of piperazine rings is 1. The van der Waals surface area contributed by atoms with Gasteiger partial charge in [0.05, 0.1) is 25.4 Å².